The number of pyridine rings is 1. The lowest BCUT2D eigenvalue weighted by molar-refractivity contribution is 0.599. The van der Waals surface area contributed by atoms with E-state index in [9.17, 15) is 8.42 Å². The van der Waals surface area contributed by atoms with E-state index >= 15 is 0 Å². The van der Waals surface area contributed by atoms with Crippen LogP contribution in [0.5, 0.6) is 0 Å². The first-order chi connectivity index (χ1) is 7.09. The number of fused-ring (bicyclic) bond motifs is 2. The van der Waals surface area contributed by atoms with E-state index < -0.39 is 9.84 Å². The zero-order valence-corrected chi connectivity index (χ0v) is 11.0. The van der Waals surface area contributed by atoms with Gasteiger partial charge in [0.2, 0.25) is 0 Å². The van der Waals surface area contributed by atoms with Gasteiger partial charge in [0.25, 0.3) is 0 Å². The zero-order chi connectivity index (χ0) is 10.6. The first-order valence-corrected chi connectivity index (χ1v) is 7.22. The average molecular weight is 276 g/mol. The molecule has 0 N–H and O–H groups in total. The molecule has 2 aromatic rings. The highest BCUT2D eigenvalue weighted by atomic mass is 35.5. The second kappa shape index (κ2) is 3.68. The van der Waals surface area contributed by atoms with Gasteiger partial charge in [-0.25, -0.2) is 13.4 Å². The summed E-state index contributed by atoms with van der Waals surface area (Å²) in [6.07, 6.45) is 0.562. The third-order valence-corrected chi connectivity index (χ3v) is 5.52. The molecular formula is C10H10ClNO2S2. The van der Waals surface area contributed by atoms with Gasteiger partial charge < -0.3 is 0 Å². The zero-order valence-electron chi connectivity index (χ0n) is 8.56. The molecule has 3 nitrogen and oxygen atoms in total. The average Bonchev–Trinajstić information content (AvgIpc) is 2.72. The topological polar surface area (TPSA) is 47.0 Å². The Morgan fingerprint density at radius 3 is 2.94 bits per heavy atom. The van der Waals surface area contributed by atoms with Crippen molar-refractivity contribution in [2.24, 2.45) is 0 Å². The highest BCUT2D eigenvalue weighted by Gasteiger charge is 2.30. The van der Waals surface area contributed by atoms with Gasteiger partial charge >= 0.3 is 0 Å². The highest BCUT2D eigenvalue weighted by Crippen LogP contribution is 2.34. The maximum Gasteiger partial charge on any atom is 0.180 e. The van der Waals surface area contributed by atoms with Gasteiger partial charge in [-0.15, -0.1) is 23.7 Å². The van der Waals surface area contributed by atoms with Gasteiger partial charge in [0.15, 0.2) is 9.84 Å². The van der Waals surface area contributed by atoms with E-state index in [1.54, 1.807) is 11.3 Å². The SMILES string of the molecule is Cc1c2c(nc3sccc13)CCS2(=O)=O.Cl. The molecule has 0 atom stereocenters. The molecule has 0 saturated heterocycles. The van der Waals surface area contributed by atoms with Crippen LogP contribution >= 0.6 is 23.7 Å². The molecule has 0 unspecified atom stereocenters. The third-order valence-electron chi connectivity index (χ3n) is 2.81. The highest BCUT2D eigenvalue weighted by molar-refractivity contribution is 7.91. The van der Waals surface area contributed by atoms with Gasteiger partial charge in [-0.3, -0.25) is 0 Å². The van der Waals surface area contributed by atoms with Crippen molar-refractivity contribution in [3.63, 3.8) is 0 Å². The van der Waals surface area contributed by atoms with Crippen LogP contribution in [0.4, 0.5) is 0 Å². The van der Waals surface area contributed by atoms with Gasteiger partial charge in [0.1, 0.15) is 4.83 Å². The molecule has 3 heterocycles. The van der Waals surface area contributed by atoms with Crippen molar-refractivity contribution in [1.82, 2.24) is 4.98 Å². The minimum absolute atomic E-state index is 0. The van der Waals surface area contributed by atoms with E-state index in [1.807, 2.05) is 18.4 Å². The Kier molecular flexibility index (Phi) is 2.72. The summed E-state index contributed by atoms with van der Waals surface area (Å²) in [5.41, 5.74) is 1.62. The molecular weight excluding hydrogens is 266 g/mol. The fourth-order valence-corrected chi connectivity index (χ4v) is 4.69. The first-order valence-electron chi connectivity index (χ1n) is 4.69. The van der Waals surface area contributed by atoms with Gasteiger partial charge in [-0.1, -0.05) is 0 Å². The summed E-state index contributed by atoms with van der Waals surface area (Å²) >= 11 is 1.56. The van der Waals surface area contributed by atoms with Crippen LogP contribution in [0.2, 0.25) is 0 Å². The van der Waals surface area contributed by atoms with Gasteiger partial charge in [0.05, 0.1) is 16.3 Å². The summed E-state index contributed by atoms with van der Waals surface area (Å²) in [6.45, 7) is 1.87. The monoisotopic (exact) mass is 275 g/mol. The molecule has 0 spiro atoms. The summed E-state index contributed by atoms with van der Waals surface area (Å²) in [6, 6.07) is 1.94. The largest absolute Gasteiger partial charge is 0.241 e. The van der Waals surface area contributed by atoms with Crippen LogP contribution in [0, 0.1) is 6.92 Å². The Morgan fingerprint density at radius 2 is 2.19 bits per heavy atom. The van der Waals surface area contributed by atoms with Crippen LogP contribution < -0.4 is 0 Å². The van der Waals surface area contributed by atoms with Gasteiger partial charge in [-0.2, -0.15) is 0 Å². The van der Waals surface area contributed by atoms with E-state index in [4.69, 9.17) is 0 Å². The number of hydrogen-bond acceptors (Lipinski definition) is 4. The minimum Gasteiger partial charge on any atom is -0.241 e. The van der Waals surface area contributed by atoms with E-state index in [1.165, 1.54) is 0 Å². The van der Waals surface area contributed by atoms with Crippen LogP contribution in [-0.2, 0) is 16.3 Å². The second-order valence-electron chi connectivity index (χ2n) is 3.72. The summed E-state index contributed by atoms with van der Waals surface area (Å²) < 4.78 is 23.6. The molecule has 2 aromatic heterocycles. The smallest absolute Gasteiger partial charge is 0.180 e. The standard InChI is InChI=1S/C10H9NO2S2.ClH/c1-6-7-2-4-14-10(7)11-8-3-5-15(12,13)9(6)8;/h2,4H,3,5H2,1H3;1H. The van der Waals surface area contributed by atoms with Gasteiger partial charge in [0, 0.05) is 11.8 Å². The first kappa shape index (κ1) is 11.8. The molecule has 0 aliphatic carbocycles. The molecule has 0 amide bonds. The molecule has 0 bridgehead atoms. The van der Waals surface area contributed by atoms with Crippen molar-refractivity contribution >= 4 is 43.8 Å². The molecule has 0 fully saturated rings. The lowest BCUT2D eigenvalue weighted by Crippen LogP contribution is -2.01. The molecule has 16 heavy (non-hydrogen) atoms. The van der Waals surface area contributed by atoms with E-state index in [0.29, 0.717) is 11.3 Å². The fraction of sp³-hybridized carbons (Fsp3) is 0.300. The summed E-state index contributed by atoms with van der Waals surface area (Å²) in [4.78, 5) is 5.84. The van der Waals surface area contributed by atoms with Crippen LogP contribution in [-0.4, -0.2) is 19.2 Å². The maximum atomic E-state index is 11.8. The van der Waals surface area contributed by atoms with E-state index in [2.05, 4.69) is 4.98 Å². The number of sulfone groups is 1. The number of halogens is 1. The van der Waals surface area contributed by atoms with Crippen molar-refractivity contribution in [3.8, 4) is 0 Å². The minimum atomic E-state index is -3.06. The van der Waals surface area contributed by atoms with Crippen molar-refractivity contribution in [1.29, 1.82) is 0 Å². The lowest BCUT2D eigenvalue weighted by atomic mass is 10.1. The predicted octanol–water partition coefficient (Wildman–Crippen LogP) is 2.36. The number of aryl methyl sites for hydroxylation is 2. The molecule has 0 saturated carbocycles. The number of thiophene rings is 1. The normalized spacial score (nSPS) is 17.1. The summed E-state index contributed by atoms with van der Waals surface area (Å²) in [7, 11) is -3.06. The molecule has 86 valence electrons. The number of aromatic nitrogens is 1. The van der Waals surface area contributed by atoms with Crippen molar-refractivity contribution in [3.05, 3.63) is 22.7 Å². The molecule has 0 aromatic carbocycles. The van der Waals surface area contributed by atoms with Crippen LogP contribution in [0.25, 0.3) is 10.2 Å². The Labute approximate surface area is 104 Å². The van der Waals surface area contributed by atoms with Gasteiger partial charge in [-0.05, 0) is 23.9 Å². The maximum absolute atomic E-state index is 11.8. The number of nitrogens with zero attached hydrogens (tertiary/aromatic N) is 1. The van der Waals surface area contributed by atoms with Crippen molar-refractivity contribution in [2.75, 3.05) is 5.75 Å². The number of hydrogen-bond donors (Lipinski definition) is 0. The molecule has 1 aliphatic heterocycles. The van der Waals surface area contributed by atoms with Crippen molar-refractivity contribution in [2.45, 2.75) is 18.2 Å². The molecule has 0 radical (unpaired) electrons. The summed E-state index contributed by atoms with van der Waals surface area (Å²) in [5, 5.41) is 2.93. The Balaban J connectivity index is 0.000000963. The van der Waals surface area contributed by atoms with Crippen molar-refractivity contribution < 1.29 is 8.42 Å². The molecule has 3 rings (SSSR count). The second-order valence-corrected chi connectivity index (χ2v) is 6.66. The third kappa shape index (κ3) is 1.46. The van der Waals surface area contributed by atoms with Crippen LogP contribution in [0.3, 0.4) is 0 Å². The van der Waals surface area contributed by atoms with Crippen LogP contribution in [0.15, 0.2) is 16.3 Å². The lowest BCUT2D eigenvalue weighted by Gasteiger charge is -2.03. The summed E-state index contributed by atoms with van der Waals surface area (Å²) in [5.74, 6) is 0.216. The quantitative estimate of drug-likeness (QED) is 0.741. The molecule has 1 aliphatic rings. The Morgan fingerprint density at radius 1 is 1.44 bits per heavy atom. The number of rotatable bonds is 0. The Hall–Kier alpha value is -0.650. The van der Waals surface area contributed by atoms with E-state index in [0.717, 1.165) is 21.5 Å². The van der Waals surface area contributed by atoms with E-state index in [-0.39, 0.29) is 18.2 Å². The Bertz CT molecular complexity index is 661. The molecule has 6 heteroatoms. The predicted molar refractivity (Wildman–Crippen MR) is 67.4 cm³/mol. The fourth-order valence-electron chi connectivity index (χ4n) is 2.10. The van der Waals surface area contributed by atoms with Crippen LogP contribution in [0.1, 0.15) is 11.3 Å².